The van der Waals surface area contributed by atoms with Crippen molar-refractivity contribution in [3.63, 3.8) is 0 Å². The van der Waals surface area contributed by atoms with Crippen molar-refractivity contribution in [2.75, 3.05) is 0 Å². The summed E-state index contributed by atoms with van der Waals surface area (Å²) in [4.78, 5) is 0. The van der Waals surface area contributed by atoms with E-state index in [0.29, 0.717) is 5.92 Å². The van der Waals surface area contributed by atoms with Crippen LogP contribution in [-0.4, -0.2) is 0 Å². The highest BCUT2D eigenvalue weighted by Gasteiger charge is 2.18. The molecule has 0 spiro atoms. The molecule has 0 amide bonds. The fourth-order valence-electron chi connectivity index (χ4n) is 2.64. The normalized spacial score (nSPS) is 12.0. The van der Waals surface area contributed by atoms with E-state index in [2.05, 4.69) is 84.0 Å². The molecule has 0 saturated heterocycles. The van der Waals surface area contributed by atoms with E-state index >= 15 is 0 Å². The van der Waals surface area contributed by atoms with Gasteiger partial charge in [-0.2, -0.15) is 0 Å². The Morgan fingerprint density at radius 1 is 0.952 bits per heavy atom. The molecule has 2 rings (SSSR count). The molecule has 0 bridgehead atoms. The van der Waals surface area contributed by atoms with Gasteiger partial charge in [-0.25, -0.2) is 0 Å². The van der Waals surface area contributed by atoms with Gasteiger partial charge in [-0.15, -0.1) is 0 Å². The summed E-state index contributed by atoms with van der Waals surface area (Å²) in [6, 6.07) is 16.0. The third kappa shape index (κ3) is 3.56. The van der Waals surface area contributed by atoms with Gasteiger partial charge in [-0.3, -0.25) is 0 Å². The number of benzene rings is 2. The summed E-state index contributed by atoms with van der Waals surface area (Å²) >= 11 is 0. The quantitative estimate of drug-likeness (QED) is 0.601. The molecule has 0 aliphatic carbocycles. The molecule has 0 aliphatic rings. The Labute approximate surface area is 130 Å². The van der Waals surface area contributed by atoms with E-state index in [1.54, 1.807) is 0 Å². The predicted molar refractivity (Wildman–Crippen MR) is 94.0 cm³/mol. The third-order valence-corrected chi connectivity index (χ3v) is 4.63. The minimum absolute atomic E-state index is 0.237. The SMILES string of the molecule is CCC(C)(C)c1cccc(-c2cc(C)cc(C(C)C)c2)c1. The topological polar surface area (TPSA) is 0 Å². The van der Waals surface area contributed by atoms with Crippen molar-refractivity contribution in [3.8, 4) is 11.1 Å². The average molecular weight is 280 g/mol. The van der Waals surface area contributed by atoms with Gasteiger partial charge in [0.25, 0.3) is 0 Å². The van der Waals surface area contributed by atoms with Crippen LogP contribution < -0.4 is 0 Å². The Morgan fingerprint density at radius 2 is 1.67 bits per heavy atom. The standard InChI is InChI=1S/C21H28/c1-7-21(5,6)20-10-8-9-17(14-20)19-12-16(4)11-18(13-19)15(2)3/h8-15H,7H2,1-6H3. The van der Waals surface area contributed by atoms with Crippen LogP contribution in [0.5, 0.6) is 0 Å². The first-order chi connectivity index (χ1) is 9.83. The minimum atomic E-state index is 0.237. The zero-order chi connectivity index (χ0) is 15.6. The van der Waals surface area contributed by atoms with Gasteiger partial charge in [0.1, 0.15) is 0 Å². The second kappa shape index (κ2) is 6.05. The Balaban J connectivity index is 2.50. The summed E-state index contributed by atoms with van der Waals surface area (Å²) in [5.74, 6) is 0.568. The first-order valence-electron chi connectivity index (χ1n) is 8.06. The molecule has 0 N–H and O–H groups in total. The molecule has 0 aliphatic heterocycles. The molecule has 0 heterocycles. The minimum Gasteiger partial charge on any atom is -0.0646 e. The summed E-state index contributed by atoms with van der Waals surface area (Å²) in [6.45, 7) is 13.6. The van der Waals surface area contributed by atoms with Crippen molar-refractivity contribution in [1.82, 2.24) is 0 Å². The lowest BCUT2D eigenvalue weighted by molar-refractivity contribution is 0.506. The maximum Gasteiger partial charge on any atom is -0.0106 e. The van der Waals surface area contributed by atoms with Crippen molar-refractivity contribution >= 4 is 0 Å². The molecule has 112 valence electrons. The van der Waals surface area contributed by atoms with Crippen molar-refractivity contribution in [2.45, 2.75) is 59.3 Å². The lowest BCUT2D eigenvalue weighted by Gasteiger charge is -2.24. The highest BCUT2D eigenvalue weighted by Crippen LogP contribution is 2.31. The van der Waals surface area contributed by atoms with Crippen molar-refractivity contribution in [2.24, 2.45) is 0 Å². The van der Waals surface area contributed by atoms with E-state index in [4.69, 9.17) is 0 Å². The zero-order valence-corrected chi connectivity index (χ0v) is 14.3. The van der Waals surface area contributed by atoms with E-state index in [9.17, 15) is 0 Å². The largest absolute Gasteiger partial charge is 0.0646 e. The fourth-order valence-corrected chi connectivity index (χ4v) is 2.64. The van der Waals surface area contributed by atoms with Crippen LogP contribution in [-0.2, 0) is 5.41 Å². The highest BCUT2D eigenvalue weighted by atomic mass is 14.2. The van der Waals surface area contributed by atoms with Gasteiger partial charge in [0, 0.05) is 0 Å². The van der Waals surface area contributed by atoms with Crippen molar-refractivity contribution < 1.29 is 0 Å². The van der Waals surface area contributed by atoms with Gasteiger partial charge < -0.3 is 0 Å². The van der Waals surface area contributed by atoms with Crippen LogP contribution >= 0.6 is 0 Å². The number of hydrogen-bond acceptors (Lipinski definition) is 0. The van der Waals surface area contributed by atoms with Gasteiger partial charge in [0.15, 0.2) is 0 Å². The van der Waals surface area contributed by atoms with Gasteiger partial charge in [0.05, 0.1) is 0 Å². The van der Waals surface area contributed by atoms with E-state index in [0.717, 1.165) is 6.42 Å². The van der Waals surface area contributed by atoms with E-state index in [-0.39, 0.29) is 5.41 Å². The van der Waals surface area contributed by atoms with Gasteiger partial charge in [-0.05, 0) is 46.9 Å². The smallest absolute Gasteiger partial charge is 0.0106 e. The molecule has 0 unspecified atom stereocenters. The molecule has 0 aromatic heterocycles. The molecule has 0 saturated carbocycles. The molecule has 0 nitrogen and oxygen atoms in total. The van der Waals surface area contributed by atoms with Crippen molar-refractivity contribution in [3.05, 3.63) is 59.2 Å². The third-order valence-electron chi connectivity index (χ3n) is 4.63. The molecule has 2 aromatic carbocycles. The summed E-state index contributed by atoms with van der Waals surface area (Å²) in [7, 11) is 0. The molecular formula is C21H28. The summed E-state index contributed by atoms with van der Waals surface area (Å²) < 4.78 is 0. The van der Waals surface area contributed by atoms with Crippen LogP contribution in [0.25, 0.3) is 11.1 Å². The molecule has 21 heavy (non-hydrogen) atoms. The monoisotopic (exact) mass is 280 g/mol. The summed E-state index contributed by atoms with van der Waals surface area (Å²) in [6.07, 6.45) is 1.15. The first kappa shape index (κ1) is 15.8. The second-order valence-corrected chi connectivity index (χ2v) is 7.11. The average Bonchev–Trinajstić information content (AvgIpc) is 2.46. The predicted octanol–water partition coefficient (Wildman–Crippen LogP) is 6.47. The van der Waals surface area contributed by atoms with Gasteiger partial charge >= 0.3 is 0 Å². The molecule has 0 fully saturated rings. The molecule has 2 aromatic rings. The fraction of sp³-hybridized carbons (Fsp3) is 0.429. The number of aryl methyl sites for hydroxylation is 1. The van der Waals surface area contributed by atoms with Crippen LogP contribution in [0.1, 0.15) is 63.6 Å². The van der Waals surface area contributed by atoms with E-state index in [1.807, 2.05) is 0 Å². The van der Waals surface area contributed by atoms with Crippen LogP contribution in [0.15, 0.2) is 42.5 Å². The lowest BCUT2D eigenvalue weighted by Crippen LogP contribution is -2.15. The second-order valence-electron chi connectivity index (χ2n) is 7.11. The van der Waals surface area contributed by atoms with Gasteiger partial charge in [0.2, 0.25) is 0 Å². The Morgan fingerprint density at radius 3 is 2.29 bits per heavy atom. The first-order valence-corrected chi connectivity index (χ1v) is 8.06. The summed E-state index contributed by atoms with van der Waals surface area (Å²) in [5, 5.41) is 0. The molecule has 0 atom stereocenters. The maximum atomic E-state index is 2.36. The van der Waals surface area contributed by atoms with Crippen molar-refractivity contribution in [1.29, 1.82) is 0 Å². The Hall–Kier alpha value is -1.56. The Kier molecular flexibility index (Phi) is 4.56. The van der Waals surface area contributed by atoms with E-state index < -0.39 is 0 Å². The van der Waals surface area contributed by atoms with E-state index in [1.165, 1.54) is 27.8 Å². The zero-order valence-electron chi connectivity index (χ0n) is 14.3. The highest BCUT2D eigenvalue weighted by molar-refractivity contribution is 5.66. The molecule has 0 radical (unpaired) electrons. The molecule has 0 heteroatoms. The number of hydrogen-bond donors (Lipinski definition) is 0. The summed E-state index contributed by atoms with van der Waals surface area (Å²) in [5.41, 5.74) is 7.10. The Bertz CT molecular complexity index is 618. The maximum absolute atomic E-state index is 2.36. The van der Waals surface area contributed by atoms with Crippen LogP contribution in [0.3, 0.4) is 0 Å². The van der Waals surface area contributed by atoms with Crippen LogP contribution in [0.2, 0.25) is 0 Å². The lowest BCUT2D eigenvalue weighted by atomic mass is 9.81. The van der Waals surface area contributed by atoms with Crippen LogP contribution in [0, 0.1) is 6.92 Å². The number of rotatable bonds is 4. The molecular weight excluding hydrogens is 252 g/mol. The van der Waals surface area contributed by atoms with Gasteiger partial charge in [-0.1, -0.05) is 82.6 Å². The van der Waals surface area contributed by atoms with Crippen LogP contribution in [0.4, 0.5) is 0 Å².